The van der Waals surface area contributed by atoms with Crippen LogP contribution in [0.2, 0.25) is 0 Å². The van der Waals surface area contributed by atoms with Crippen LogP contribution >= 0.6 is 12.2 Å². The first-order valence-electron chi connectivity index (χ1n) is 6.14. The highest BCUT2D eigenvalue weighted by Gasteiger charge is 2.10. The number of rotatable bonds is 2. The number of nitrogens with zero attached hydrogens (tertiary/aromatic N) is 3. The maximum Gasteiger partial charge on any atom is 0.147 e. The third kappa shape index (κ3) is 3.36. The van der Waals surface area contributed by atoms with Crippen LogP contribution in [0.1, 0.15) is 37.8 Å². The molecule has 0 radical (unpaired) electrons. The lowest BCUT2D eigenvalue weighted by atomic mass is 10.1. The van der Waals surface area contributed by atoms with Crippen molar-refractivity contribution in [1.29, 1.82) is 0 Å². The molecule has 0 amide bonds. The first-order valence-corrected chi connectivity index (χ1v) is 6.55. The average molecular weight is 250 g/mol. The fourth-order valence-electron chi connectivity index (χ4n) is 2.09. The summed E-state index contributed by atoms with van der Waals surface area (Å²) < 4.78 is 0. The zero-order chi connectivity index (χ0) is 12.1. The van der Waals surface area contributed by atoms with Gasteiger partial charge < -0.3 is 10.6 Å². The fourth-order valence-corrected chi connectivity index (χ4v) is 2.19. The van der Waals surface area contributed by atoms with E-state index in [1.165, 1.54) is 32.1 Å². The fraction of sp³-hybridized carbons (Fsp3) is 0.583. The summed E-state index contributed by atoms with van der Waals surface area (Å²) in [7, 11) is 0. The van der Waals surface area contributed by atoms with Crippen LogP contribution in [0.3, 0.4) is 0 Å². The Kier molecular flexibility index (Phi) is 4.25. The minimum absolute atomic E-state index is 0.303. The summed E-state index contributed by atoms with van der Waals surface area (Å²) in [6.07, 6.45) is 9.90. The van der Waals surface area contributed by atoms with E-state index in [1.807, 2.05) is 0 Å². The van der Waals surface area contributed by atoms with Gasteiger partial charge in [-0.05, 0) is 12.8 Å². The van der Waals surface area contributed by atoms with Gasteiger partial charge in [0.1, 0.15) is 16.5 Å². The summed E-state index contributed by atoms with van der Waals surface area (Å²) in [5.41, 5.74) is 6.10. The second-order valence-electron chi connectivity index (χ2n) is 4.38. The molecule has 17 heavy (non-hydrogen) atoms. The first-order chi connectivity index (χ1) is 8.27. The molecule has 2 heterocycles. The number of anilines is 1. The van der Waals surface area contributed by atoms with Gasteiger partial charge in [0.05, 0.1) is 12.4 Å². The molecule has 0 aliphatic carbocycles. The lowest BCUT2D eigenvalue weighted by molar-refractivity contribution is 0.553. The van der Waals surface area contributed by atoms with Crippen molar-refractivity contribution in [3.05, 3.63) is 18.1 Å². The van der Waals surface area contributed by atoms with Gasteiger partial charge in [-0.2, -0.15) is 0 Å². The highest BCUT2D eigenvalue weighted by atomic mass is 32.1. The largest absolute Gasteiger partial charge is 0.388 e. The standard InChI is InChI=1S/C12H18N4S/c13-12(17)10-8-15-11(9-14-10)16-6-4-2-1-3-5-7-16/h8-9H,1-7H2,(H2,13,17). The van der Waals surface area contributed by atoms with Crippen LogP contribution in [0, 0.1) is 0 Å². The monoisotopic (exact) mass is 250 g/mol. The quantitative estimate of drug-likeness (QED) is 0.812. The second-order valence-corrected chi connectivity index (χ2v) is 4.82. The Balaban J connectivity index is 2.06. The molecule has 2 rings (SSSR count). The second kappa shape index (κ2) is 5.91. The third-order valence-corrected chi connectivity index (χ3v) is 3.28. The molecule has 0 saturated carbocycles. The first kappa shape index (κ1) is 12.2. The molecule has 1 aromatic rings. The Morgan fingerprint density at radius 3 is 2.24 bits per heavy atom. The van der Waals surface area contributed by atoms with E-state index in [0.29, 0.717) is 10.7 Å². The molecular formula is C12H18N4S. The van der Waals surface area contributed by atoms with Crippen molar-refractivity contribution in [3.8, 4) is 0 Å². The van der Waals surface area contributed by atoms with Crippen molar-refractivity contribution in [3.63, 3.8) is 0 Å². The summed E-state index contributed by atoms with van der Waals surface area (Å²) in [5.74, 6) is 0.937. The molecule has 1 aliphatic rings. The molecule has 4 nitrogen and oxygen atoms in total. The molecule has 0 bridgehead atoms. The molecule has 0 unspecified atom stereocenters. The zero-order valence-electron chi connectivity index (χ0n) is 9.93. The normalized spacial score (nSPS) is 17.3. The number of hydrogen-bond donors (Lipinski definition) is 1. The summed E-state index contributed by atoms with van der Waals surface area (Å²) >= 11 is 4.86. The Morgan fingerprint density at radius 1 is 1.06 bits per heavy atom. The molecule has 92 valence electrons. The maximum absolute atomic E-state index is 5.50. The Bertz CT molecular complexity index is 369. The van der Waals surface area contributed by atoms with E-state index in [0.717, 1.165) is 18.9 Å². The summed E-state index contributed by atoms with van der Waals surface area (Å²) in [6, 6.07) is 0. The van der Waals surface area contributed by atoms with Crippen LogP contribution < -0.4 is 10.6 Å². The predicted molar refractivity (Wildman–Crippen MR) is 73.2 cm³/mol. The lowest BCUT2D eigenvalue weighted by Gasteiger charge is -2.25. The van der Waals surface area contributed by atoms with Crippen molar-refractivity contribution < 1.29 is 0 Å². The van der Waals surface area contributed by atoms with Gasteiger partial charge in [-0.1, -0.05) is 31.5 Å². The lowest BCUT2D eigenvalue weighted by Crippen LogP contribution is -2.28. The smallest absolute Gasteiger partial charge is 0.147 e. The summed E-state index contributed by atoms with van der Waals surface area (Å²) in [4.78, 5) is 11.2. The number of nitrogens with two attached hydrogens (primary N) is 1. The van der Waals surface area contributed by atoms with Gasteiger partial charge in [0.15, 0.2) is 0 Å². The van der Waals surface area contributed by atoms with Crippen LogP contribution in [0.5, 0.6) is 0 Å². The molecule has 2 N–H and O–H groups in total. The van der Waals surface area contributed by atoms with Gasteiger partial charge in [-0.25, -0.2) is 9.97 Å². The number of aromatic nitrogens is 2. The van der Waals surface area contributed by atoms with Crippen molar-refractivity contribution in [2.24, 2.45) is 5.73 Å². The minimum Gasteiger partial charge on any atom is -0.388 e. The van der Waals surface area contributed by atoms with Gasteiger partial charge >= 0.3 is 0 Å². The molecule has 0 aromatic carbocycles. The van der Waals surface area contributed by atoms with Gasteiger partial charge in [0, 0.05) is 13.1 Å². The van der Waals surface area contributed by atoms with E-state index in [-0.39, 0.29) is 0 Å². The SMILES string of the molecule is NC(=S)c1cnc(N2CCCCCCC2)cn1. The number of hydrogen-bond acceptors (Lipinski definition) is 4. The van der Waals surface area contributed by atoms with E-state index >= 15 is 0 Å². The summed E-state index contributed by atoms with van der Waals surface area (Å²) in [6.45, 7) is 2.14. The van der Waals surface area contributed by atoms with Gasteiger partial charge in [0.2, 0.25) is 0 Å². The molecule has 0 atom stereocenters. The topological polar surface area (TPSA) is 55.0 Å². The molecule has 1 aromatic heterocycles. The third-order valence-electron chi connectivity index (χ3n) is 3.07. The zero-order valence-corrected chi connectivity index (χ0v) is 10.7. The molecule has 0 spiro atoms. The molecule has 5 heteroatoms. The molecule has 1 aliphatic heterocycles. The molecular weight excluding hydrogens is 232 g/mol. The van der Waals surface area contributed by atoms with E-state index in [9.17, 15) is 0 Å². The average Bonchev–Trinajstić information content (AvgIpc) is 2.29. The van der Waals surface area contributed by atoms with E-state index < -0.39 is 0 Å². The van der Waals surface area contributed by atoms with Crippen molar-refractivity contribution in [2.45, 2.75) is 32.1 Å². The highest BCUT2D eigenvalue weighted by Crippen LogP contribution is 2.16. The van der Waals surface area contributed by atoms with Crippen LogP contribution in [-0.2, 0) is 0 Å². The van der Waals surface area contributed by atoms with Crippen LogP contribution in [-0.4, -0.2) is 28.0 Å². The van der Waals surface area contributed by atoms with Crippen LogP contribution in [0.25, 0.3) is 0 Å². The number of thiocarbonyl (C=S) groups is 1. The van der Waals surface area contributed by atoms with Gasteiger partial charge in [-0.15, -0.1) is 0 Å². The van der Waals surface area contributed by atoms with Crippen LogP contribution in [0.15, 0.2) is 12.4 Å². The van der Waals surface area contributed by atoms with Gasteiger partial charge in [0.25, 0.3) is 0 Å². The van der Waals surface area contributed by atoms with Gasteiger partial charge in [-0.3, -0.25) is 0 Å². The highest BCUT2D eigenvalue weighted by molar-refractivity contribution is 7.80. The Hall–Kier alpha value is -1.23. The Labute approximate surface area is 107 Å². The summed E-state index contributed by atoms with van der Waals surface area (Å²) in [5, 5.41) is 0. The maximum atomic E-state index is 5.50. The van der Waals surface area contributed by atoms with E-state index in [4.69, 9.17) is 18.0 Å². The van der Waals surface area contributed by atoms with Crippen molar-refractivity contribution >= 4 is 23.0 Å². The minimum atomic E-state index is 0.303. The van der Waals surface area contributed by atoms with E-state index in [2.05, 4.69) is 14.9 Å². The van der Waals surface area contributed by atoms with Crippen LogP contribution in [0.4, 0.5) is 5.82 Å². The molecule has 1 saturated heterocycles. The van der Waals surface area contributed by atoms with Crippen molar-refractivity contribution in [1.82, 2.24) is 9.97 Å². The molecule has 1 fully saturated rings. The van der Waals surface area contributed by atoms with E-state index in [1.54, 1.807) is 12.4 Å². The Morgan fingerprint density at radius 2 is 1.71 bits per heavy atom. The van der Waals surface area contributed by atoms with Crippen molar-refractivity contribution in [2.75, 3.05) is 18.0 Å². The predicted octanol–water partition coefficient (Wildman–Crippen LogP) is 1.88.